The van der Waals surface area contributed by atoms with Crippen LogP contribution in [0.2, 0.25) is 0 Å². The van der Waals surface area contributed by atoms with Crippen LogP contribution in [-0.4, -0.2) is 37.0 Å². The topological polar surface area (TPSA) is 49.8 Å². The molecule has 0 spiro atoms. The van der Waals surface area contributed by atoms with Crippen LogP contribution in [0.25, 0.3) is 0 Å². The van der Waals surface area contributed by atoms with E-state index in [0.717, 1.165) is 0 Å². The summed E-state index contributed by atoms with van der Waals surface area (Å²) in [5, 5.41) is 9.61. The Bertz CT molecular complexity index is 411. The first kappa shape index (κ1) is 12.1. The van der Waals surface area contributed by atoms with Gasteiger partial charge in [-0.25, -0.2) is 0 Å². The number of ketones is 1. The minimum atomic E-state index is -0.242. The third-order valence-corrected chi connectivity index (χ3v) is 1.99. The van der Waals surface area contributed by atoms with Crippen LogP contribution in [0.3, 0.4) is 0 Å². The zero-order valence-corrected chi connectivity index (χ0v) is 9.60. The van der Waals surface area contributed by atoms with Crippen molar-refractivity contribution in [1.82, 2.24) is 4.90 Å². The molecule has 0 heterocycles. The van der Waals surface area contributed by atoms with Crippen LogP contribution in [0.1, 0.15) is 10.4 Å². The number of carbonyl (C=O) groups excluding carboxylic acids is 1. The number of aromatic hydroxyl groups is 1. The number of nitrogens with zero attached hydrogens (tertiary/aromatic N) is 1. The number of carbonyl (C=O) groups is 1. The van der Waals surface area contributed by atoms with Crippen LogP contribution in [0, 0.1) is 0 Å². The van der Waals surface area contributed by atoms with Crippen LogP contribution < -0.4 is 4.74 Å². The van der Waals surface area contributed by atoms with Crippen molar-refractivity contribution >= 4 is 5.78 Å². The van der Waals surface area contributed by atoms with Crippen LogP contribution in [0.5, 0.6) is 11.5 Å². The summed E-state index contributed by atoms with van der Waals surface area (Å²) in [5.74, 6) is 0.201. The number of ether oxygens (including phenoxy) is 1. The lowest BCUT2D eigenvalue weighted by molar-refractivity contribution is 0.104. The van der Waals surface area contributed by atoms with Gasteiger partial charge >= 0.3 is 0 Å². The number of phenolic OH excluding ortho intramolecular Hbond substituents is 1. The first-order chi connectivity index (χ1) is 7.54. The lowest BCUT2D eigenvalue weighted by Crippen LogP contribution is -2.03. The van der Waals surface area contributed by atoms with Crippen molar-refractivity contribution in [3.05, 3.63) is 36.0 Å². The molecule has 1 aromatic carbocycles. The highest BCUT2D eigenvalue weighted by Gasteiger charge is 2.08. The van der Waals surface area contributed by atoms with E-state index in [2.05, 4.69) is 0 Å². The van der Waals surface area contributed by atoms with E-state index in [1.165, 1.54) is 25.3 Å². The molecule has 0 aliphatic carbocycles. The smallest absolute Gasteiger partial charge is 0.190 e. The summed E-state index contributed by atoms with van der Waals surface area (Å²) in [6.07, 6.45) is 3.04. The molecular weight excluding hydrogens is 206 g/mol. The van der Waals surface area contributed by atoms with Gasteiger partial charge in [-0.2, -0.15) is 0 Å². The highest BCUT2D eigenvalue weighted by Crippen LogP contribution is 2.23. The van der Waals surface area contributed by atoms with Gasteiger partial charge in [0.05, 0.1) is 12.7 Å². The minimum Gasteiger partial charge on any atom is -0.507 e. The molecule has 0 unspecified atom stereocenters. The van der Waals surface area contributed by atoms with Gasteiger partial charge in [0, 0.05) is 32.4 Å². The number of rotatable bonds is 4. The summed E-state index contributed by atoms with van der Waals surface area (Å²) in [6.45, 7) is 0. The summed E-state index contributed by atoms with van der Waals surface area (Å²) in [5.41, 5.74) is 0.263. The molecule has 0 bridgehead atoms. The van der Waals surface area contributed by atoms with Crippen molar-refractivity contribution in [3.63, 3.8) is 0 Å². The number of phenols is 1. The molecule has 4 nitrogen and oxygen atoms in total. The van der Waals surface area contributed by atoms with E-state index < -0.39 is 0 Å². The summed E-state index contributed by atoms with van der Waals surface area (Å²) >= 11 is 0. The SMILES string of the molecule is COc1ccc(C(=O)/C=C\N(C)C)c(O)c1. The monoisotopic (exact) mass is 221 g/mol. The van der Waals surface area contributed by atoms with Crippen molar-refractivity contribution < 1.29 is 14.6 Å². The Morgan fingerprint density at radius 1 is 1.44 bits per heavy atom. The van der Waals surface area contributed by atoms with Crippen molar-refractivity contribution in [2.75, 3.05) is 21.2 Å². The third-order valence-electron chi connectivity index (χ3n) is 1.99. The Balaban J connectivity index is 2.92. The second-order valence-electron chi connectivity index (χ2n) is 3.53. The Kier molecular flexibility index (Phi) is 3.94. The highest BCUT2D eigenvalue weighted by atomic mass is 16.5. The Labute approximate surface area is 94.8 Å². The second-order valence-corrected chi connectivity index (χ2v) is 3.53. The molecule has 0 atom stereocenters. The lowest BCUT2D eigenvalue weighted by Gasteiger charge is -2.05. The zero-order chi connectivity index (χ0) is 12.1. The molecule has 1 rings (SSSR count). The fourth-order valence-corrected chi connectivity index (χ4v) is 1.15. The number of methoxy groups -OCH3 is 1. The first-order valence-corrected chi connectivity index (χ1v) is 4.80. The normalized spacial score (nSPS) is 10.4. The van der Waals surface area contributed by atoms with E-state index in [1.54, 1.807) is 17.2 Å². The van der Waals surface area contributed by atoms with Crippen molar-refractivity contribution in [2.45, 2.75) is 0 Å². The Morgan fingerprint density at radius 3 is 2.62 bits per heavy atom. The third kappa shape index (κ3) is 3.02. The lowest BCUT2D eigenvalue weighted by atomic mass is 10.1. The predicted octanol–water partition coefficient (Wildman–Crippen LogP) is 1.66. The Hall–Kier alpha value is -1.97. The number of hydrogen-bond donors (Lipinski definition) is 1. The first-order valence-electron chi connectivity index (χ1n) is 4.80. The van der Waals surface area contributed by atoms with Gasteiger partial charge < -0.3 is 14.7 Å². The predicted molar refractivity (Wildman–Crippen MR) is 61.8 cm³/mol. The van der Waals surface area contributed by atoms with Gasteiger partial charge in [0.2, 0.25) is 0 Å². The van der Waals surface area contributed by atoms with Crippen LogP contribution in [-0.2, 0) is 0 Å². The van der Waals surface area contributed by atoms with Crippen LogP contribution >= 0.6 is 0 Å². The fourth-order valence-electron chi connectivity index (χ4n) is 1.15. The molecule has 0 saturated carbocycles. The fraction of sp³-hybridized carbons (Fsp3) is 0.250. The summed E-state index contributed by atoms with van der Waals surface area (Å²) in [6, 6.07) is 4.59. The van der Waals surface area contributed by atoms with Gasteiger partial charge in [0.15, 0.2) is 5.78 Å². The molecule has 0 radical (unpaired) electrons. The van der Waals surface area contributed by atoms with Gasteiger partial charge in [-0.1, -0.05) is 0 Å². The molecule has 0 saturated heterocycles. The van der Waals surface area contributed by atoms with E-state index in [1.807, 2.05) is 14.1 Å². The van der Waals surface area contributed by atoms with E-state index in [0.29, 0.717) is 5.75 Å². The second kappa shape index (κ2) is 5.21. The van der Waals surface area contributed by atoms with Gasteiger partial charge in [0.1, 0.15) is 11.5 Å². The maximum atomic E-state index is 11.7. The standard InChI is InChI=1S/C12H15NO3/c1-13(2)7-6-11(14)10-5-4-9(16-3)8-12(10)15/h4-8,15H,1-3H3/b7-6-. The molecule has 1 N–H and O–H groups in total. The van der Waals surface area contributed by atoms with Crippen molar-refractivity contribution in [2.24, 2.45) is 0 Å². The molecule has 0 aliphatic heterocycles. The summed E-state index contributed by atoms with van der Waals surface area (Å²) in [7, 11) is 5.14. The highest BCUT2D eigenvalue weighted by molar-refractivity contribution is 6.06. The maximum absolute atomic E-state index is 11.7. The average Bonchev–Trinajstić information content (AvgIpc) is 2.25. The number of allylic oxidation sites excluding steroid dienone is 1. The quantitative estimate of drug-likeness (QED) is 0.620. The maximum Gasteiger partial charge on any atom is 0.190 e. The molecule has 0 aromatic heterocycles. The van der Waals surface area contributed by atoms with Crippen molar-refractivity contribution in [1.29, 1.82) is 0 Å². The van der Waals surface area contributed by atoms with Crippen LogP contribution in [0.4, 0.5) is 0 Å². The molecule has 4 heteroatoms. The van der Waals surface area contributed by atoms with E-state index >= 15 is 0 Å². The minimum absolute atomic E-state index is 0.0762. The van der Waals surface area contributed by atoms with Gasteiger partial charge in [-0.15, -0.1) is 0 Å². The number of benzene rings is 1. The molecule has 16 heavy (non-hydrogen) atoms. The summed E-state index contributed by atoms with van der Waals surface area (Å²) < 4.78 is 4.93. The molecule has 1 aromatic rings. The van der Waals surface area contributed by atoms with E-state index in [-0.39, 0.29) is 17.1 Å². The molecule has 0 amide bonds. The van der Waals surface area contributed by atoms with Gasteiger partial charge in [-0.3, -0.25) is 4.79 Å². The molecule has 86 valence electrons. The average molecular weight is 221 g/mol. The van der Waals surface area contributed by atoms with Gasteiger partial charge in [-0.05, 0) is 12.1 Å². The zero-order valence-electron chi connectivity index (χ0n) is 9.60. The summed E-state index contributed by atoms with van der Waals surface area (Å²) in [4.78, 5) is 13.4. The largest absolute Gasteiger partial charge is 0.507 e. The van der Waals surface area contributed by atoms with Gasteiger partial charge in [0.25, 0.3) is 0 Å². The number of hydrogen-bond acceptors (Lipinski definition) is 4. The molecular formula is C12H15NO3. The van der Waals surface area contributed by atoms with E-state index in [4.69, 9.17) is 4.74 Å². The van der Waals surface area contributed by atoms with Crippen molar-refractivity contribution in [3.8, 4) is 11.5 Å². The van der Waals surface area contributed by atoms with Crippen LogP contribution in [0.15, 0.2) is 30.5 Å². The van der Waals surface area contributed by atoms with E-state index in [9.17, 15) is 9.90 Å². The molecule has 0 aliphatic rings. The molecule has 0 fully saturated rings. The Morgan fingerprint density at radius 2 is 2.12 bits per heavy atom.